The summed E-state index contributed by atoms with van der Waals surface area (Å²) >= 11 is 5.68. The molecule has 0 saturated heterocycles. The van der Waals surface area contributed by atoms with Gasteiger partial charge in [-0.25, -0.2) is 4.79 Å². The molecule has 6 heteroatoms. The highest BCUT2D eigenvalue weighted by atomic mass is 35.5. The van der Waals surface area contributed by atoms with E-state index in [1.165, 1.54) is 12.3 Å². The Kier molecular flexibility index (Phi) is 4.42. The summed E-state index contributed by atoms with van der Waals surface area (Å²) in [5.74, 6) is -1.69. The molecule has 0 fully saturated rings. The molecule has 0 saturated carbocycles. The lowest BCUT2D eigenvalue weighted by Gasteiger charge is -2.14. The molecule has 0 aliphatic rings. The molecule has 1 amide bonds. The van der Waals surface area contributed by atoms with Crippen LogP contribution in [0.15, 0.2) is 47.1 Å². The zero-order valence-electron chi connectivity index (χ0n) is 10.4. The summed E-state index contributed by atoms with van der Waals surface area (Å²) in [7, 11) is 0. The lowest BCUT2D eigenvalue weighted by atomic mass is 10.1. The third kappa shape index (κ3) is 3.39. The predicted molar refractivity (Wildman–Crippen MR) is 72.8 cm³/mol. The normalized spacial score (nSPS) is 11.8. The van der Waals surface area contributed by atoms with Crippen molar-refractivity contribution in [3.63, 3.8) is 0 Å². The largest absolute Gasteiger partial charge is 0.480 e. The summed E-state index contributed by atoms with van der Waals surface area (Å²) in [5, 5.41) is 11.5. The number of carbonyl (C=O) groups is 2. The lowest BCUT2D eigenvalue weighted by molar-refractivity contribution is -0.139. The molecular formula is C14H12ClNO4. The van der Waals surface area contributed by atoms with Gasteiger partial charge in [0.25, 0.3) is 5.91 Å². The molecule has 1 aromatic heterocycles. The van der Waals surface area contributed by atoms with E-state index in [9.17, 15) is 14.7 Å². The maximum atomic E-state index is 11.9. The fraction of sp³-hybridized carbons (Fsp3) is 0.143. The van der Waals surface area contributed by atoms with E-state index in [1.54, 1.807) is 12.1 Å². The quantitative estimate of drug-likeness (QED) is 0.887. The van der Waals surface area contributed by atoms with Crippen molar-refractivity contribution in [1.29, 1.82) is 0 Å². The van der Waals surface area contributed by atoms with Crippen LogP contribution in [0.2, 0.25) is 5.22 Å². The first-order valence-electron chi connectivity index (χ1n) is 5.88. The van der Waals surface area contributed by atoms with Crippen LogP contribution in [0, 0.1) is 0 Å². The van der Waals surface area contributed by atoms with Gasteiger partial charge in [0, 0.05) is 6.42 Å². The number of furan rings is 1. The standard InChI is InChI=1S/C14H12ClNO4/c15-12-10(6-7-20-12)13(17)16-11(14(18)19)8-9-4-2-1-3-5-9/h1-7,11H,8H2,(H,16,17)(H,18,19)/t11-/m0/s1. The zero-order chi connectivity index (χ0) is 14.5. The van der Waals surface area contributed by atoms with Crippen molar-refractivity contribution >= 4 is 23.5 Å². The fourth-order valence-electron chi connectivity index (χ4n) is 1.74. The number of carbonyl (C=O) groups excluding carboxylic acids is 1. The monoisotopic (exact) mass is 293 g/mol. The summed E-state index contributed by atoms with van der Waals surface area (Å²) in [6, 6.07) is 9.41. The second-order valence-electron chi connectivity index (χ2n) is 4.16. The smallest absolute Gasteiger partial charge is 0.326 e. The van der Waals surface area contributed by atoms with Crippen LogP contribution in [-0.2, 0) is 11.2 Å². The molecule has 2 N–H and O–H groups in total. The van der Waals surface area contributed by atoms with E-state index in [0.717, 1.165) is 5.56 Å². The van der Waals surface area contributed by atoms with Gasteiger partial charge in [0.1, 0.15) is 6.04 Å². The van der Waals surface area contributed by atoms with Gasteiger partial charge in [-0.2, -0.15) is 0 Å². The predicted octanol–water partition coefficient (Wildman–Crippen LogP) is 2.36. The second-order valence-corrected chi connectivity index (χ2v) is 4.51. The highest BCUT2D eigenvalue weighted by Gasteiger charge is 2.23. The minimum absolute atomic E-state index is 0.0636. The Bertz CT molecular complexity index is 609. The van der Waals surface area contributed by atoms with Gasteiger partial charge in [0.15, 0.2) is 0 Å². The Morgan fingerprint density at radius 3 is 2.50 bits per heavy atom. The minimum Gasteiger partial charge on any atom is -0.480 e. The van der Waals surface area contributed by atoms with Crippen molar-refractivity contribution in [2.24, 2.45) is 0 Å². The Balaban J connectivity index is 2.09. The first-order valence-corrected chi connectivity index (χ1v) is 6.26. The molecule has 0 aliphatic carbocycles. The molecule has 0 bridgehead atoms. The molecule has 0 radical (unpaired) electrons. The van der Waals surface area contributed by atoms with Crippen molar-refractivity contribution in [3.8, 4) is 0 Å². The number of amides is 1. The summed E-state index contributed by atoms with van der Waals surface area (Å²) in [6.45, 7) is 0. The van der Waals surface area contributed by atoms with Gasteiger partial charge in [-0.1, -0.05) is 30.3 Å². The molecule has 20 heavy (non-hydrogen) atoms. The van der Waals surface area contributed by atoms with Crippen LogP contribution >= 0.6 is 11.6 Å². The summed E-state index contributed by atoms with van der Waals surface area (Å²) in [4.78, 5) is 23.1. The van der Waals surface area contributed by atoms with Gasteiger partial charge >= 0.3 is 5.97 Å². The van der Waals surface area contributed by atoms with Crippen LogP contribution in [0.3, 0.4) is 0 Å². The van der Waals surface area contributed by atoms with Crippen molar-refractivity contribution in [2.45, 2.75) is 12.5 Å². The maximum absolute atomic E-state index is 11.9. The molecule has 1 aromatic carbocycles. The average molecular weight is 294 g/mol. The molecule has 5 nitrogen and oxygen atoms in total. The van der Waals surface area contributed by atoms with Gasteiger partial charge in [-0.05, 0) is 23.2 Å². The number of carboxylic acids is 1. The van der Waals surface area contributed by atoms with E-state index in [-0.39, 0.29) is 17.2 Å². The number of hydrogen-bond donors (Lipinski definition) is 2. The second kappa shape index (κ2) is 6.25. The molecule has 1 atom stereocenters. The minimum atomic E-state index is -1.11. The maximum Gasteiger partial charge on any atom is 0.326 e. The average Bonchev–Trinajstić information content (AvgIpc) is 2.85. The highest BCUT2D eigenvalue weighted by Crippen LogP contribution is 2.16. The van der Waals surface area contributed by atoms with Gasteiger partial charge in [0.2, 0.25) is 5.22 Å². The van der Waals surface area contributed by atoms with Crippen molar-refractivity contribution in [1.82, 2.24) is 5.32 Å². The SMILES string of the molecule is O=C(N[C@@H](Cc1ccccc1)C(=O)O)c1ccoc1Cl. The van der Waals surface area contributed by atoms with Crippen LogP contribution in [0.4, 0.5) is 0 Å². The van der Waals surface area contributed by atoms with Crippen LogP contribution in [0.25, 0.3) is 0 Å². The number of benzene rings is 1. The third-order valence-corrected chi connectivity index (χ3v) is 3.04. The van der Waals surface area contributed by atoms with E-state index >= 15 is 0 Å². The number of nitrogens with one attached hydrogen (secondary N) is 1. The zero-order valence-corrected chi connectivity index (χ0v) is 11.1. The Labute approximate surface area is 120 Å². The van der Waals surface area contributed by atoms with Crippen LogP contribution in [0.5, 0.6) is 0 Å². The summed E-state index contributed by atoms with van der Waals surface area (Å²) in [5.41, 5.74) is 0.935. The molecule has 2 rings (SSSR count). The molecule has 2 aromatic rings. The van der Waals surface area contributed by atoms with E-state index in [0.29, 0.717) is 0 Å². The van der Waals surface area contributed by atoms with Crippen molar-refractivity contribution < 1.29 is 19.1 Å². The molecule has 0 aliphatic heterocycles. The number of rotatable bonds is 5. The van der Waals surface area contributed by atoms with Gasteiger partial charge in [0.05, 0.1) is 11.8 Å². The van der Waals surface area contributed by atoms with Gasteiger partial charge in [-0.3, -0.25) is 4.79 Å². The lowest BCUT2D eigenvalue weighted by Crippen LogP contribution is -2.42. The first kappa shape index (κ1) is 14.1. The molecule has 0 spiro atoms. The number of aliphatic carboxylic acids is 1. The summed E-state index contributed by atoms with van der Waals surface area (Å²) in [6.07, 6.45) is 1.46. The number of carboxylic acid groups (broad SMARTS) is 1. The molecule has 0 unspecified atom stereocenters. The number of halogens is 1. The first-order chi connectivity index (χ1) is 9.58. The van der Waals surface area contributed by atoms with E-state index < -0.39 is 17.9 Å². The van der Waals surface area contributed by atoms with Crippen LogP contribution in [-0.4, -0.2) is 23.0 Å². The van der Waals surface area contributed by atoms with Crippen LogP contribution < -0.4 is 5.32 Å². The summed E-state index contributed by atoms with van der Waals surface area (Å²) < 4.78 is 4.80. The van der Waals surface area contributed by atoms with E-state index in [1.807, 2.05) is 18.2 Å². The highest BCUT2D eigenvalue weighted by molar-refractivity contribution is 6.32. The van der Waals surface area contributed by atoms with E-state index in [4.69, 9.17) is 16.0 Å². The van der Waals surface area contributed by atoms with Gasteiger partial charge in [-0.15, -0.1) is 0 Å². The number of hydrogen-bond acceptors (Lipinski definition) is 3. The molecular weight excluding hydrogens is 282 g/mol. The van der Waals surface area contributed by atoms with E-state index in [2.05, 4.69) is 5.32 Å². The van der Waals surface area contributed by atoms with Crippen molar-refractivity contribution in [2.75, 3.05) is 0 Å². The Hall–Kier alpha value is -2.27. The topological polar surface area (TPSA) is 79.5 Å². The van der Waals surface area contributed by atoms with Crippen LogP contribution in [0.1, 0.15) is 15.9 Å². The Morgan fingerprint density at radius 2 is 1.95 bits per heavy atom. The Morgan fingerprint density at radius 1 is 1.25 bits per heavy atom. The molecule has 104 valence electrons. The molecule has 1 heterocycles. The fourth-order valence-corrected chi connectivity index (χ4v) is 1.94. The van der Waals surface area contributed by atoms with Gasteiger partial charge < -0.3 is 14.8 Å². The van der Waals surface area contributed by atoms with Crippen molar-refractivity contribution in [3.05, 3.63) is 59.0 Å². The third-order valence-electron chi connectivity index (χ3n) is 2.75.